The number of alkyl halides is 3. The van der Waals surface area contributed by atoms with Crippen LogP contribution in [0.4, 0.5) is 13.2 Å². The van der Waals surface area contributed by atoms with E-state index in [1.165, 1.54) is 12.1 Å². The van der Waals surface area contributed by atoms with E-state index in [1.807, 2.05) is 19.0 Å². The van der Waals surface area contributed by atoms with Crippen molar-refractivity contribution >= 4 is 0 Å². The first-order valence-electron chi connectivity index (χ1n) is 6.50. The largest absolute Gasteiger partial charge is 0.573 e. The van der Waals surface area contributed by atoms with E-state index in [0.29, 0.717) is 12.1 Å². The van der Waals surface area contributed by atoms with E-state index in [-0.39, 0.29) is 18.8 Å². The Hall–Kier alpha value is -1.31. The number of aliphatic hydroxyl groups is 1. The molecule has 2 N–H and O–H groups in total. The first kappa shape index (κ1) is 17.7. The zero-order valence-electron chi connectivity index (χ0n) is 12.4. The third kappa shape index (κ3) is 7.31. The Balaban J connectivity index is 2.60. The molecular weight excluding hydrogens is 285 g/mol. The van der Waals surface area contributed by atoms with Crippen molar-refractivity contribution in [1.29, 1.82) is 0 Å². The van der Waals surface area contributed by atoms with E-state index in [4.69, 9.17) is 0 Å². The van der Waals surface area contributed by atoms with Gasteiger partial charge in [0.2, 0.25) is 0 Å². The minimum atomic E-state index is -4.72. The van der Waals surface area contributed by atoms with Gasteiger partial charge in [-0.15, -0.1) is 13.2 Å². The van der Waals surface area contributed by atoms with Crippen LogP contribution in [0.15, 0.2) is 24.3 Å². The molecule has 0 aliphatic rings. The molecule has 0 heterocycles. The van der Waals surface area contributed by atoms with Crippen molar-refractivity contribution in [2.45, 2.75) is 25.4 Å². The first-order valence-corrected chi connectivity index (χ1v) is 6.50. The second-order valence-electron chi connectivity index (χ2n) is 5.49. The van der Waals surface area contributed by atoms with E-state index < -0.39 is 12.0 Å². The van der Waals surface area contributed by atoms with E-state index in [9.17, 15) is 18.3 Å². The number of halogens is 3. The van der Waals surface area contributed by atoms with Crippen molar-refractivity contribution in [2.24, 2.45) is 0 Å². The summed E-state index contributed by atoms with van der Waals surface area (Å²) in [6, 6.07) is 5.93. The first-order chi connectivity index (χ1) is 9.59. The summed E-state index contributed by atoms with van der Waals surface area (Å²) in [5, 5.41) is 13.1. The van der Waals surface area contributed by atoms with Crippen molar-refractivity contribution in [1.82, 2.24) is 10.2 Å². The molecule has 1 atom stereocenters. The summed E-state index contributed by atoms with van der Waals surface area (Å²) in [7, 11) is 3.67. The predicted molar refractivity (Wildman–Crippen MR) is 74.0 cm³/mol. The topological polar surface area (TPSA) is 44.7 Å². The highest BCUT2D eigenvalue weighted by atomic mass is 19.4. The summed E-state index contributed by atoms with van der Waals surface area (Å²) in [6.45, 7) is 2.54. The van der Waals surface area contributed by atoms with Gasteiger partial charge in [-0.3, -0.25) is 0 Å². The van der Waals surface area contributed by atoms with E-state index in [0.717, 1.165) is 0 Å². The number of hydrogen-bond donors (Lipinski definition) is 2. The maximum atomic E-state index is 12.3. The quantitative estimate of drug-likeness (QED) is 0.809. The Morgan fingerprint density at radius 1 is 1.24 bits per heavy atom. The highest BCUT2D eigenvalue weighted by Gasteiger charge is 2.32. The van der Waals surface area contributed by atoms with Crippen molar-refractivity contribution < 1.29 is 23.0 Å². The second-order valence-corrected chi connectivity index (χ2v) is 5.49. The summed E-state index contributed by atoms with van der Waals surface area (Å²) in [5.74, 6) is -0.232. The number of para-hydroxylation sites is 1. The minimum absolute atomic E-state index is 0.176. The maximum Gasteiger partial charge on any atom is 0.573 e. The number of rotatable bonds is 7. The van der Waals surface area contributed by atoms with Crippen molar-refractivity contribution in [2.75, 3.05) is 27.2 Å². The Morgan fingerprint density at radius 3 is 2.43 bits per heavy atom. The van der Waals surface area contributed by atoms with Crippen LogP contribution in [0.1, 0.15) is 12.5 Å². The van der Waals surface area contributed by atoms with Gasteiger partial charge in [0.25, 0.3) is 0 Å². The zero-order chi connectivity index (χ0) is 16.1. The molecule has 120 valence electrons. The molecular formula is C14H21F3N2O2. The summed E-state index contributed by atoms with van der Waals surface area (Å²) < 4.78 is 40.8. The Kier molecular flexibility index (Phi) is 6.00. The lowest BCUT2D eigenvalue weighted by molar-refractivity contribution is -0.274. The fraction of sp³-hybridized carbons (Fsp3) is 0.571. The summed E-state index contributed by atoms with van der Waals surface area (Å²) in [4.78, 5) is 1.84. The molecule has 0 radical (unpaired) electrons. The van der Waals surface area contributed by atoms with E-state index in [2.05, 4.69) is 10.1 Å². The molecule has 7 heteroatoms. The number of ether oxygens (including phenoxy) is 1. The highest BCUT2D eigenvalue weighted by molar-refractivity contribution is 5.33. The van der Waals surface area contributed by atoms with Gasteiger partial charge in [-0.2, -0.15) is 0 Å². The van der Waals surface area contributed by atoms with Gasteiger partial charge < -0.3 is 20.1 Å². The van der Waals surface area contributed by atoms with Crippen LogP contribution < -0.4 is 10.1 Å². The second kappa shape index (κ2) is 7.11. The van der Waals surface area contributed by atoms with Gasteiger partial charge in [0.15, 0.2) is 0 Å². The van der Waals surface area contributed by atoms with Crippen LogP contribution in [0.25, 0.3) is 0 Å². The maximum absolute atomic E-state index is 12.3. The Morgan fingerprint density at radius 2 is 1.86 bits per heavy atom. The molecule has 1 rings (SSSR count). The van der Waals surface area contributed by atoms with Crippen molar-refractivity contribution in [3.63, 3.8) is 0 Å². The normalized spacial score (nSPS) is 15.0. The van der Waals surface area contributed by atoms with Gasteiger partial charge in [0, 0.05) is 25.2 Å². The van der Waals surface area contributed by atoms with Crippen LogP contribution in [-0.2, 0) is 6.54 Å². The number of hydrogen-bond acceptors (Lipinski definition) is 4. The lowest BCUT2D eigenvalue weighted by Gasteiger charge is -2.27. The number of benzene rings is 1. The lowest BCUT2D eigenvalue weighted by atomic mass is 10.1. The third-order valence-electron chi connectivity index (χ3n) is 2.68. The fourth-order valence-corrected chi connectivity index (χ4v) is 2.08. The molecule has 21 heavy (non-hydrogen) atoms. The van der Waals surface area contributed by atoms with Gasteiger partial charge in [-0.05, 0) is 27.1 Å². The Bertz CT molecular complexity index is 448. The molecule has 0 spiro atoms. The van der Waals surface area contributed by atoms with E-state index in [1.54, 1.807) is 19.1 Å². The number of nitrogens with one attached hydrogen (secondary N) is 1. The van der Waals surface area contributed by atoms with Crippen LogP contribution in [-0.4, -0.2) is 49.2 Å². The number of nitrogens with zero attached hydrogens (tertiary/aromatic N) is 1. The van der Waals surface area contributed by atoms with Gasteiger partial charge >= 0.3 is 6.36 Å². The molecule has 1 unspecified atom stereocenters. The minimum Gasteiger partial charge on any atom is -0.405 e. The van der Waals surface area contributed by atoms with Crippen LogP contribution in [0.2, 0.25) is 0 Å². The summed E-state index contributed by atoms with van der Waals surface area (Å²) in [6.07, 6.45) is -4.72. The lowest BCUT2D eigenvalue weighted by Crippen LogP contribution is -2.45. The molecule has 0 aliphatic carbocycles. The van der Waals surface area contributed by atoms with Gasteiger partial charge in [0.05, 0.1) is 5.60 Å². The van der Waals surface area contributed by atoms with Gasteiger partial charge in [-0.1, -0.05) is 18.2 Å². The predicted octanol–water partition coefficient (Wildman–Crippen LogP) is 1.99. The molecule has 0 amide bonds. The molecule has 1 aromatic carbocycles. The van der Waals surface area contributed by atoms with Gasteiger partial charge in [0.1, 0.15) is 5.75 Å². The fourth-order valence-electron chi connectivity index (χ4n) is 2.08. The Labute approximate surface area is 122 Å². The molecule has 1 aromatic rings. The highest BCUT2D eigenvalue weighted by Crippen LogP contribution is 2.26. The van der Waals surface area contributed by atoms with Crippen LogP contribution in [0, 0.1) is 0 Å². The molecule has 0 saturated carbocycles. The smallest absolute Gasteiger partial charge is 0.405 e. The average Bonchev–Trinajstić information content (AvgIpc) is 2.27. The van der Waals surface area contributed by atoms with E-state index >= 15 is 0 Å². The van der Waals surface area contributed by atoms with Crippen LogP contribution >= 0.6 is 0 Å². The third-order valence-corrected chi connectivity index (χ3v) is 2.68. The molecule has 0 saturated heterocycles. The SMILES string of the molecule is CN(C)CC(C)(O)CNCc1ccccc1OC(F)(F)F. The molecule has 0 fully saturated rings. The van der Waals surface area contributed by atoms with Crippen LogP contribution in [0.5, 0.6) is 5.75 Å². The molecule has 0 aromatic heterocycles. The van der Waals surface area contributed by atoms with Crippen LogP contribution in [0.3, 0.4) is 0 Å². The molecule has 4 nitrogen and oxygen atoms in total. The molecule has 0 bridgehead atoms. The summed E-state index contributed by atoms with van der Waals surface area (Å²) in [5.41, 5.74) is -0.584. The zero-order valence-corrected chi connectivity index (χ0v) is 12.4. The average molecular weight is 306 g/mol. The standard InChI is InChI=1S/C14H21F3N2O2/c1-13(20,10-19(2)3)9-18-8-11-6-4-5-7-12(11)21-14(15,16)17/h4-7,18,20H,8-10H2,1-3H3. The molecule has 0 aliphatic heterocycles. The monoisotopic (exact) mass is 306 g/mol. The van der Waals surface area contributed by atoms with Crippen molar-refractivity contribution in [3.8, 4) is 5.75 Å². The number of likely N-dealkylation sites (N-methyl/N-ethyl adjacent to an activating group) is 1. The summed E-state index contributed by atoms with van der Waals surface area (Å²) >= 11 is 0. The van der Waals surface area contributed by atoms with Crippen molar-refractivity contribution in [3.05, 3.63) is 29.8 Å². The van der Waals surface area contributed by atoms with Gasteiger partial charge in [-0.25, -0.2) is 0 Å².